The number of carbonyl (C=O) groups is 1. The number of nitrogens with one attached hydrogen (secondary N) is 1. The standard InChI is InChI=1S/C19H13F2N3OS/c20-14-7-5-12(6-8-14)17-11-24-10-16(23-19(24)26-17)18(25)22-9-13-3-1-2-4-15(13)21/h1-8,10-11H,9H2,(H,22,25). The van der Waals surface area contributed by atoms with Gasteiger partial charge in [0.2, 0.25) is 0 Å². The van der Waals surface area contributed by atoms with E-state index in [0.29, 0.717) is 10.5 Å². The molecule has 130 valence electrons. The summed E-state index contributed by atoms with van der Waals surface area (Å²) < 4.78 is 28.4. The lowest BCUT2D eigenvalue weighted by molar-refractivity contribution is 0.0946. The fourth-order valence-electron chi connectivity index (χ4n) is 2.56. The molecule has 0 saturated carbocycles. The Labute approximate surface area is 151 Å². The highest BCUT2D eigenvalue weighted by Crippen LogP contribution is 2.28. The van der Waals surface area contributed by atoms with Gasteiger partial charge in [-0.2, -0.15) is 0 Å². The van der Waals surface area contributed by atoms with Crippen molar-refractivity contribution < 1.29 is 13.6 Å². The van der Waals surface area contributed by atoms with Crippen molar-refractivity contribution in [2.75, 3.05) is 0 Å². The predicted molar refractivity (Wildman–Crippen MR) is 96.0 cm³/mol. The van der Waals surface area contributed by atoms with Crippen LogP contribution in [-0.4, -0.2) is 15.3 Å². The molecule has 2 heterocycles. The number of imidazole rings is 1. The second-order valence-corrected chi connectivity index (χ2v) is 6.70. The normalized spacial score (nSPS) is 11.0. The van der Waals surface area contributed by atoms with Crippen molar-refractivity contribution in [2.45, 2.75) is 6.54 Å². The second kappa shape index (κ2) is 6.68. The first-order valence-electron chi connectivity index (χ1n) is 7.86. The van der Waals surface area contributed by atoms with Gasteiger partial charge in [-0.1, -0.05) is 41.7 Å². The molecule has 2 aromatic heterocycles. The van der Waals surface area contributed by atoms with E-state index in [1.54, 1.807) is 40.9 Å². The van der Waals surface area contributed by atoms with Crippen LogP contribution in [0.25, 0.3) is 15.4 Å². The summed E-state index contributed by atoms with van der Waals surface area (Å²) in [6.07, 6.45) is 3.46. The van der Waals surface area contributed by atoms with Crippen LogP contribution in [-0.2, 0) is 6.54 Å². The smallest absolute Gasteiger partial charge is 0.271 e. The molecule has 26 heavy (non-hydrogen) atoms. The maximum absolute atomic E-state index is 13.6. The van der Waals surface area contributed by atoms with Crippen LogP contribution in [0.3, 0.4) is 0 Å². The Bertz CT molecular complexity index is 1050. The number of amides is 1. The molecule has 0 aliphatic rings. The molecule has 2 aromatic carbocycles. The number of benzene rings is 2. The van der Waals surface area contributed by atoms with Crippen molar-refractivity contribution in [3.8, 4) is 10.4 Å². The SMILES string of the molecule is O=C(NCc1ccccc1F)c1cn2cc(-c3ccc(F)cc3)sc2n1. The van der Waals surface area contributed by atoms with Crippen LogP contribution in [0.5, 0.6) is 0 Å². The molecule has 4 nitrogen and oxygen atoms in total. The van der Waals surface area contributed by atoms with E-state index in [4.69, 9.17) is 0 Å². The number of nitrogens with zero attached hydrogens (tertiary/aromatic N) is 2. The second-order valence-electron chi connectivity index (χ2n) is 5.69. The summed E-state index contributed by atoms with van der Waals surface area (Å²) in [6.45, 7) is 0.0948. The Morgan fingerprint density at radius 2 is 1.85 bits per heavy atom. The molecule has 0 spiro atoms. The maximum Gasteiger partial charge on any atom is 0.271 e. The van der Waals surface area contributed by atoms with Crippen molar-refractivity contribution >= 4 is 22.2 Å². The number of hydrogen-bond acceptors (Lipinski definition) is 3. The van der Waals surface area contributed by atoms with Gasteiger partial charge in [-0.15, -0.1) is 0 Å². The minimum Gasteiger partial charge on any atom is -0.346 e. The first-order chi connectivity index (χ1) is 12.6. The molecule has 0 atom stereocenters. The highest BCUT2D eigenvalue weighted by molar-refractivity contribution is 7.20. The van der Waals surface area contributed by atoms with E-state index < -0.39 is 0 Å². The van der Waals surface area contributed by atoms with E-state index in [0.717, 1.165) is 10.4 Å². The highest BCUT2D eigenvalue weighted by atomic mass is 32.1. The van der Waals surface area contributed by atoms with Crippen LogP contribution in [0, 0.1) is 11.6 Å². The summed E-state index contributed by atoms with van der Waals surface area (Å²) in [5.74, 6) is -1.01. The number of aromatic nitrogens is 2. The predicted octanol–water partition coefficient (Wildman–Crippen LogP) is 4.27. The molecule has 7 heteroatoms. The first-order valence-corrected chi connectivity index (χ1v) is 8.68. The average Bonchev–Trinajstić information content (AvgIpc) is 3.20. The zero-order chi connectivity index (χ0) is 18.1. The van der Waals surface area contributed by atoms with E-state index in [-0.39, 0.29) is 29.8 Å². The molecule has 1 N–H and O–H groups in total. The van der Waals surface area contributed by atoms with Crippen molar-refractivity contribution in [3.63, 3.8) is 0 Å². The number of carbonyl (C=O) groups excluding carboxylic acids is 1. The van der Waals surface area contributed by atoms with Gasteiger partial charge >= 0.3 is 0 Å². The zero-order valence-electron chi connectivity index (χ0n) is 13.4. The van der Waals surface area contributed by atoms with E-state index >= 15 is 0 Å². The van der Waals surface area contributed by atoms with Gasteiger partial charge in [-0.05, 0) is 23.8 Å². The Balaban J connectivity index is 1.51. The third-order valence-corrected chi connectivity index (χ3v) is 4.96. The number of rotatable bonds is 4. The molecule has 4 aromatic rings. The highest BCUT2D eigenvalue weighted by Gasteiger charge is 2.14. The Morgan fingerprint density at radius 3 is 2.58 bits per heavy atom. The van der Waals surface area contributed by atoms with Crippen LogP contribution in [0.2, 0.25) is 0 Å². The van der Waals surface area contributed by atoms with Crippen LogP contribution in [0.15, 0.2) is 60.9 Å². The van der Waals surface area contributed by atoms with Gasteiger partial charge in [0.25, 0.3) is 5.91 Å². The maximum atomic E-state index is 13.6. The minimum atomic E-state index is -0.368. The molecule has 0 saturated heterocycles. The molecule has 0 radical (unpaired) electrons. The Hall–Kier alpha value is -3.06. The van der Waals surface area contributed by atoms with Gasteiger partial charge in [0, 0.05) is 24.5 Å². The zero-order valence-corrected chi connectivity index (χ0v) is 14.3. The van der Waals surface area contributed by atoms with Gasteiger partial charge < -0.3 is 5.32 Å². The third kappa shape index (κ3) is 3.21. The molecule has 0 aliphatic carbocycles. The van der Waals surface area contributed by atoms with E-state index in [1.165, 1.54) is 29.5 Å². The molecular weight excluding hydrogens is 356 g/mol. The summed E-state index contributed by atoms with van der Waals surface area (Å²) in [4.78, 5) is 18.1. The van der Waals surface area contributed by atoms with Gasteiger partial charge in [-0.25, -0.2) is 13.8 Å². The first kappa shape index (κ1) is 16.4. The van der Waals surface area contributed by atoms with Crippen LogP contribution < -0.4 is 5.32 Å². The monoisotopic (exact) mass is 369 g/mol. The van der Waals surface area contributed by atoms with Crippen LogP contribution in [0.4, 0.5) is 8.78 Å². The lowest BCUT2D eigenvalue weighted by Gasteiger charge is -2.04. The summed E-state index contributed by atoms with van der Waals surface area (Å²) >= 11 is 1.40. The molecular formula is C19H13F2N3OS. The van der Waals surface area contributed by atoms with Gasteiger partial charge in [0.05, 0.1) is 4.88 Å². The average molecular weight is 369 g/mol. The number of thiazole rings is 1. The lowest BCUT2D eigenvalue weighted by Crippen LogP contribution is -2.23. The molecule has 0 bridgehead atoms. The van der Waals surface area contributed by atoms with Crippen molar-refractivity contribution in [1.29, 1.82) is 0 Å². The minimum absolute atomic E-state index is 0.0948. The van der Waals surface area contributed by atoms with Crippen LogP contribution in [0.1, 0.15) is 16.1 Å². The summed E-state index contributed by atoms with van der Waals surface area (Å²) in [7, 11) is 0. The Morgan fingerprint density at radius 1 is 1.08 bits per heavy atom. The summed E-state index contributed by atoms with van der Waals surface area (Å²) in [5.41, 5.74) is 1.56. The lowest BCUT2D eigenvalue weighted by atomic mass is 10.2. The van der Waals surface area contributed by atoms with Crippen molar-refractivity contribution in [1.82, 2.24) is 14.7 Å². The van der Waals surface area contributed by atoms with E-state index in [1.807, 2.05) is 6.20 Å². The van der Waals surface area contributed by atoms with Gasteiger partial charge in [0.15, 0.2) is 4.96 Å². The van der Waals surface area contributed by atoms with E-state index in [2.05, 4.69) is 10.3 Å². The largest absolute Gasteiger partial charge is 0.346 e. The number of fused-ring (bicyclic) bond motifs is 1. The van der Waals surface area contributed by atoms with Crippen molar-refractivity contribution in [2.24, 2.45) is 0 Å². The summed E-state index contributed by atoms with van der Waals surface area (Å²) in [6, 6.07) is 12.5. The Kier molecular flexibility index (Phi) is 4.22. The van der Waals surface area contributed by atoms with Crippen molar-refractivity contribution in [3.05, 3.63) is 83.8 Å². The fourth-order valence-corrected chi connectivity index (χ4v) is 3.53. The summed E-state index contributed by atoms with van der Waals surface area (Å²) in [5, 5.41) is 2.67. The van der Waals surface area contributed by atoms with Crippen LogP contribution >= 0.6 is 11.3 Å². The molecule has 0 unspecified atom stereocenters. The topological polar surface area (TPSA) is 46.4 Å². The molecule has 4 rings (SSSR count). The third-order valence-electron chi connectivity index (χ3n) is 3.91. The molecule has 0 aliphatic heterocycles. The molecule has 0 fully saturated rings. The van der Waals surface area contributed by atoms with Gasteiger partial charge in [0.1, 0.15) is 17.3 Å². The van der Waals surface area contributed by atoms with Gasteiger partial charge in [-0.3, -0.25) is 9.20 Å². The molecule has 1 amide bonds. The number of halogens is 2. The number of hydrogen-bond donors (Lipinski definition) is 1. The quantitative estimate of drug-likeness (QED) is 0.584. The van der Waals surface area contributed by atoms with E-state index in [9.17, 15) is 13.6 Å². The fraction of sp³-hybridized carbons (Fsp3) is 0.0526.